The maximum Gasteiger partial charge on any atom is 0.139 e. The first kappa shape index (κ1) is 34.1. The molecule has 0 fully saturated rings. The predicted octanol–water partition coefficient (Wildman–Crippen LogP) is -14.0. The molecule has 1 aromatic heterocycles. The quantitative estimate of drug-likeness (QED) is 0.136. The van der Waals surface area contributed by atoms with Crippen molar-refractivity contribution >= 4 is 241 Å². The third kappa shape index (κ3) is 4.49. The Morgan fingerprint density at radius 1 is 0.294 bits per heavy atom. The number of benzene rings is 7. The van der Waals surface area contributed by atoms with E-state index in [0.29, 0.717) is 0 Å². The van der Waals surface area contributed by atoms with Crippen molar-refractivity contribution in [2.24, 2.45) is 0 Å². The van der Waals surface area contributed by atoms with Gasteiger partial charge in [-0.05, 0) is 72.8 Å². The van der Waals surface area contributed by atoms with E-state index in [0.717, 1.165) is 11.2 Å². The highest BCUT2D eigenvalue weighted by molar-refractivity contribution is 6.73. The lowest BCUT2D eigenvalue weighted by atomic mass is 9.58. The number of hydrogen-bond acceptors (Lipinski definition) is 1. The van der Waals surface area contributed by atoms with Crippen molar-refractivity contribution in [1.82, 2.24) is 0 Å². The minimum absolute atomic E-state index is 0.934. The van der Waals surface area contributed by atoms with Gasteiger partial charge in [-0.3, -0.25) is 0 Å². The molecule has 0 atom stereocenters. The van der Waals surface area contributed by atoms with Crippen molar-refractivity contribution in [3.05, 3.63) is 48.5 Å². The fourth-order valence-electron chi connectivity index (χ4n) is 9.55. The Kier molecular flexibility index (Phi) is 7.88. The first-order valence-electron chi connectivity index (χ1n) is 18.6. The standard InChI is InChI=1S/C36H36B14O/c37-23-11(8-12-18(25(23)39)26(40)32(46)31(45)24(12)38)17-21-19(27(41)33(47)35(49)29(21)43)16(20-22(17)30(44)36(50)34(48)28(20)42)10-5-3-7-14-15(10)9-4-1-2-6-13(9)51-14/h1-8H,37-50H2. The Morgan fingerprint density at radius 2 is 0.706 bits per heavy atom. The highest BCUT2D eigenvalue weighted by atomic mass is 16.3. The SMILES string of the molecule is Bc1c(B)c(B)c2c(B)c(B)c(-c3c4c(B)c(B)c(B)c(B)c4c(-c4cccc5oc6ccccc6c45)c4c(B)c(B)c(B)c(B)c34)cc2c1B. The molecule has 1 heterocycles. The van der Waals surface area contributed by atoms with Gasteiger partial charge in [0.1, 0.15) is 121 Å². The zero-order valence-corrected chi connectivity index (χ0v) is 33.0. The minimum atomic E-state index is 0.934. The fourth-order valence-corrected chi connectivity index (χ4v) is 9.55. The summed E-state index contributed by atoms with van der Waals surface area (Å²) < 4.78 is 6.53. The van der Waals surface area contributed by atoms with E-state index in [-0.39, 0.29) is 0 Å². The van der Waals surface area contributed by atoms with Crippen LogP contribution in [0.1, 0.15) is 0 Å². The lowest BCUT2D eigenvalue weighted by molar-refractivity contribution is 0.669. The van der Waals surface area contributed by atoms with Crippen LogP contribution in [0.3, 0.4) is 0 Å². The summed E-state index contributed by atoms with van der Waals surface area (Å²) in [5.74, 6) is 0. The van der Waals surface area contributed by atoms with Gasteiger partial charge in [-0.2, -0.15) is 0 Å². The van der Waals surface area contributed by atoms with E-state index in [4.69, 9.17) is 4.42 Å². The molecule has 8 aromatic rings. The van der Waals surface area contributed by atoms with Crippen LogP contribution in [0.25, 0.3) is 76.5 Å². The van der Waals surface area contributed by atoms with Gasteiger partial charge in [0.2, 0.25) is 0 Å². The third-order valence-corrected chi connectivity index (χ3v) is 13.7. The van der Waals surface area contributed by atoms with E-state index in [1.54, 1.807) is 0 Å². The molecular formula is C36H36B14O. The summed E-state index contributed by atoms with van der Waals surface area (Å²) >= 11 is 0. The zero-order chi connectivity index (χ0) is 36.5. The van der Waals surface area contributed by atoms with Gasteiger partial charge in [0.25, 0.3) is 0 Å². The van der Waals surface area contributed by atoms with E-state index >= 15 is 0 Å². The van der Waals surface area contributed by atoms with Crippen LogP contribution in [-0.4, -0.2) is 110 Å². The molecule has 0 bridgehead atoms. The fraction of sp³-hybridized carbons (Fsp3) is 0. The monoisotopic (exact) mass is 638 g/mol. The first-order chi connectivity index (χ1) is 24.2. The van der Waals surface area contributed by atoms with Gasteiger partial charge in [-0.25, -0.2) is 0 Å². The van der Waals surface area contributed by atoms with Crippen molar-refractivity contribution < 1.29 is 4.42 Å². The summed E-state index contributed by atoms with van der Waals surface area (Å²) in [7, 11) is 32.7. The highest BCUT2D eigenvalue weighted by Gasteiger charge is 2.28. The number of fused-ring (bicyclic) bond motifs is 6. The Balaban J connectivity index is 1.73. The van der Waals surface area contributed by atoms with Gasteiger partial charge >= 0.3 is 0 Å². The average molecular weight is 636 g/mol. The molecule has 0 radical (unpaired) electrons. The Morgan fingerprint density at radius 3 is 1.24 bits per heavy atom. The molecular weight excluding hydrogens is 600 g/mol. The average Bonchev–Trinajstić information content (AvgIpc) is 3.51. The number of rotatable bonds is 2. The van der Waals surface area contributed by atoms with Crippen LogP contribution >= 0.6 is 0 Å². The van der Waals surface area contributed by atoms with Crippen LogP contribution in [-0.2, 0) is 0 Å². The lowest BCUT2D eigenvalue weighted by Crippen LogP contribution is -2.51. The molecule has 1 nitrogen and oxygen atoms in total. The summed E-state index contributed by atoms with van der Waals surface area (Å²) in [4.78, 5) is 0. The lowest BCUT2D eigenvalue weighted by Gasteiger charge is -2.29. The maximum absolute atomic E-state index is 6.53. The molecule has 15 heteroatoms. The van der Waals surface area contributed by atoms with Crippen molar-refractivity contribution in [1.29, 1.82) is 0 Å². The molecule has 8 rings (SSSR count). The largest absolute Gasteiger partial charge is 0.456 e. The van der Waals surface area contributed by atoms with Crippen LogP contribution in [0.15, 0.2) is 52.9 Å². The van der Waals surface area contributed by atoms with Crippen molar-refractivity contribution in [3.63, 3.8) is 0 Å². The predicted molar refractivity (Wildman–Crippen MR) is 272 cm³/mol. The summed E-state index contributed by atoms with van der Waals surface area (Å²) in [5.41, 5.74) is 26.5. The van der Waals surface area contributed by atoms with Crippen LogP contribution in [0.5, 0.6) is 0 Å². The van der Waals surface area contributed by atoms with Gasteiger partial charge in [-0.15, -0.1) is 32.8 Å². The Bertz CT molecular complexity index is 2830. The molecule has 51 heavy (non-hydrogen) atoms. The molecule has 0 unspecified atom stereocenters. The smallest absolute Gasteiger partial charge is 0.139 e. The number of hydrogen-bond donors (Lipinski definition) is 0. The number of furan rings is 1. The number of para-hydroxylation sites is 1. The molecule has 0 saturated carbocycles. The summed E-state index contributed by atoms with van der Waals surface area (Å²) in [6.07, 6.45) is 0. The second-order valence-electron chi connectivity index (χ2n) is 15.6. The highest BCUT2D eigenvalue weighted by Crippen LogP contribution is 2.44. The van der Waals surface area contributed by atoms with Crippen LogP contribution in [0, 0.1) is 0 Å². The van der Waals surface area contributed by atoms with Gasteiger partial charge in [0.15, 0.2) is 0 Å². The van der Waals surface area contributed by atoms with E-state index < -0.39 is 0 Å². The molecule has 0 aliphatic carbocycles. The minimum Gasteiger partial charge on any atom is -0.456 e. The topological polar surface area (TPSA) is 13.1 Å². The summed E-state index contributed by atoms with van der Waals surface area (Å²) in [5, 5.41) is 10.7. The van der Waals surface area contributed by atoms with Gasteiger partial charge in [0, 0.05) is 10.8 Å². The molecule has 7 aromatic carbocycles. The van der Waals surface area contributed by atoms with Crippen molar-refractivity contribution in [3.8, 4) is 22.3 Å². The normalized spacial score (nSPS) is 11.8. The van der Waals surface area contributed by atoms with Gasteiger partial charge < -0.3 is 4.42 Å². The molecule has 228 valence electrons. The molecule has 0 aliphatic rings. The van der Waals surface area contributed by atoms with E-state index in [1.165, 1.54) is 142 Å². The second-order valence-corrected chi connectivity index (χ2v) is 15.6. The van der Waals surface area contributed by atoms with Crippen LogP contribution in [0.4, 0.5) is 0 Å². The van der Waals surface area contributed by atoms with Crippen molar-refractivity contribution in [2.75, 3.05) is 0 Å². The Labute approximate surface area is 314 Å². The van der Waals surface area contributed by atoms with Crippen LogP contribution in [0.2, 0.25) is 0 Å². The second kappa shape index (κ2) is 11.8. The van der Waals surface area contributed by atoms with Crippen molar-refractivity contribution in [2.45, 2.75) is 0 Å². The van der Waals surface area contributed by atoms with E-state index in [9.17, 15) is 0 Å². The molecule has 0 spiro atoms. The molecule has 0 saturated heterocycles. The molecule has 0 amide bonds. The summed E-state index contributed by atoms with van der Waals surface area (Å²) in [6, 6.07) is 17.7. The Hall–Kier alpha value is -3.97. The molecule has 0 aliphatic heterocycles. The third-order valence-electron chi connectivity index (χ3n) is 13.7. The van der Waals surface area contributed by atoms with Crippen LogP contribution < -0.4 is 76.5 Å². The summed E-state index contributed by atoms with van der Waals surface area (Å²) in [6.45, 7) is 0. The molecule has 0 N–H and O–H groups in total. The van der Waals surface area contributed by atoms with E-state index in [2.05, 4.69) is 158 Å². The van der Waals surface area contributed by atoms with Gasteiger partial charge in [-0.1, -0.05) is 74.0 Å². The first-order valence-corrected chi connectivity index (χ1v) is 18.6. The van der Waals surface area contributed by atoms with E-state index in [1.807, 2.05) is 0 Å². The maximum atomic E-state index is 6.53. The van der Waals surface area contributed by atoms with Gasteiger partial charge in [0.05, 0.1) is 0 Å². The zero-order valence-electron chi connectivity index (χ0n) is 33.0.